The third-order valence-electron chi connectivity index (χ3n) is 3.32. The van der Waals surface area contributed by atoms with E-state index in [-0.39, 0.29) is 0 Å². The Morgan fingerprint density at radius 3 is 2.00 bits per heavy atom. The van der Waals surface area contributed by atoms with E-state index in [1.54, 1.807) is 32.0 Å². The van der Waals surface area contributed by atoms with Crippen molar-refractivity contribution in [3.8, 4) is 5.75 Å². The summed E-state index contributed by atoms with van der Waals surface area (Å²) in [5.41, 5.74) is 0.993. The Hall–Kier alpha value is -2.04. The lowest BCUT2D eigenvalue weighted by Crippen LogP contribution is -2.15. The first-order valence-corrected chi connectivity index (χ1v) is 6.96. The maximum atomic E-state index is 11.2. The van der Waals surface area contributed by atoms with Crippen LogP contribution >= 0.6 is 0 Å². The van der Waals surface area contributed by atoms with Gasteiger partial charge in [-0.3, -0.25) is 9.59 Å². The van der Waals surface area contributed by atoms with Crippen LogP contribution in [0.2, 0.25) is 0 Å². The Balaban J connectivity index is 3.19. The number of aliphatic carboxylic acids is 2. The molecule has 21 heavy (non-hydrogen) atoms. The molecule has 0 bridgehead atoms. The van der Waals surface area contributed by atoms with E-state index in [0.717, 1.165) is 0 Å². The van der Waals surface area contributed by atoms with Gasteiger partial charge in [-0.1, -0.05) is 19.9 Å². The van der Waals surface area contributed by atoms with E-state index in [4.69, 9.17) is 9.84 Å². The highest BCUT2D eigenvalue weighted by molar-refractivity contribution is 5.80. The molecule has 0 radical (unpaired) electrons. The minimum atomic E-state index is -0.991. The first-order valence-electron chi connectivity index (χ1n) is 6.96. The number of carbonyl (C=O) groups is 2. The van der Waals surface area contributed by atoms with Crippen LogP contribution in [0.1, 0.15) is 50.7 Å². The predicted octanol–water partition coefficient (Wildman–Crippen LogP) is 3.10. The van der Waals surface area contributed by atoms with Crippen LogP contribution in [0, 0.1) is 5.92 Å². The maximum Gasteiger partial charge on any atom is 0.310 e. The highest BCUT2D eigenvalue weighted by atomic mass is 16.5. The molecule has 0 saturated carbocycles. The Morgan fingerprint density at radius 2 is 1.52 bits per heavy atom. The summed E-state index contributed by atoms with van der Waals surface area (Å²) in [5, 5.41) is 18.3. The molecule has 116 valence electrons. The Bertz CT molecular complexity index is 521. The molecular weight excluding hydrogens is 272 g/mol. The van der Waals surface area contributed by atoms with Crippen molar-refractivity contribution in [1.82, 2.24) is 0 Å². The molecule has 0 fully saturated rings. The van der Waals surface area contributed by atoms with Crippen molar-refractivity contribution in [3.05, 3.63) is 29.3 Å². The molecule has 1 aromatic carbocycles. The van der Waals surface area contributed by atoms with Crippen LogP contribution in [0.4, 0.5) is 0 Å². The third kappa shape index (κ3) is 4.48. The molecule has 0 amide bonds. The fourth-order valence-electron chi connectivity index (χ4n) is 1.94. The minimum Gasteiger partial charge on any atom is -0.493 e. The number of hydrogen-bond acceptors (Lipinski definition) is 3. The van der Waals surface area contributed by atoms with Crippen molar-refractivity contribution < 1.29 is 24.5 Å². The van der Waals surface area contributed by atoms with Gasteiger partial charge >= 0.3 is 11.9 Å². The van der Waals surface area contributed by atoms with E-state index in [9.17, 15) is 14.7 Å². The molecule has 2 atom stereocenters. The zero-order valence-electron chi connectivity index (χ0n) is 12.8. The van der Waals surface area contributed by atoms with Crippen LogP contribution in [0.3, 0.4) is 0 Å². The fourth-order valence-corrected chi connectivity index (χ4v) is 1.94. The fraction of sp³-hybridized carbons (Fsp3) is 0.500. The minimum absolute atomic E-state index is 0.350. The van der Waals surface area contributed by atoms with Crippen molar-refractivity contribution in [2.24, 2.45) is 5.92 Å². The summed E-state index contributed by atoms with van der Waals surface area (Å²) >= 11 is 0. The zero-order chi connectivity index (χ0) is 16.2. The largest absolute Gasteiger partial charge is 0.493 e. The summed E-state index contributed by atoms with van der Waals surface area (Å²) in [5.74, 6) is -2.61. The highest BCUT2D eigenvalue weighted by Crippen LogP contribution is 2.30. The molecule has 5 nitrogen and oxygen atoms in total. The molecular formula is C16H22O5. The molecule has 2 unspecified atom stereocenters. The first kappa shape index (κ1) is 17.0. The Morgan fingerprint density at radius 1 is 1.00 bits per heavy atom. The lowest BCUT2D eigenvalue weighted by Gasteiger charge is -2.18. The van der Waals surface area contributed by atoms with Crippen molar-refractivity contribution in [3.63, 3.8) is 0 Å². The molecule has 0 heterocycles. The van der Waals surface area contributed by atoms with Gasteiger partial charge in [0.1, 0.15) is 5.75 Å². The molecule has 0 spiro atoms. The van der Waals surface area contributed by atoms with Crippen LogP contribution in [0.5, 0.6) is 5.75 Å². The van der Waals surface area contributed by atoms with Gasteiger partial charge in [-0.25, -0.2) is 0 Å². The standard InChI is InChI=1S/C16H22O5/c1-9(2)8-21-12-5-6-13(10(3)15(17)18)14(7-12)11(4)16(19)20/h5-7,9-11H,8H2,1-4H3,(H,17,18)(H,19,20). The molecule has 0 aliphatic heterocycles. The SMILES string of the molecule is CC(C)COc1ccc(C(C)C(=O)O)c(C(C)C(=O)O)c1. The predicted molar refractivity (Wildman–Crippen MR) is 78.9 cm³/mol. The van der Waals surface area contributed by atoms with Gasteiger partial charge in [0.05, 0.1) is 18.4 Å². The summed E-state index contributed by atoms with van der Waals surface area (Å²) < 4.78 is 5.59. The van der Waals surface area contributed by atoms with E-state index in [1.807, 2.05) is 13.8 Å². The number of carboxylic acid groups (broad SMARTS) is 2. The monoisotopic (exact) mass is 294 g/mol. The smallest absolute Gasteiger partial charge is 0.310 e. The van der Waals surface area contributed by atoms with Crippen LogP contribution in [0.15, 0.2) is 18.2 Å². The summed E-state index contributed by atoms with van der Waals surface area (Å²) in [6, 6.07) is 4.97. The van der Waals surface area contributed by atoms with E-state index in [2.05, 4.69) is 0 Å². The molecule has 0 saturated heterocycles. The molecule has 0 aliphatic carbocycles. The normalized spacial score (nSPS) is 13.8. The van der Waals surface area contributed by atoms with E-state index < -0.39 is 23.8 Å². The maximum absolute atomic E-state index is 11.2. The van der Waals surface area contributed by atoms with Gasteiger partial charge in [0.2, 0.25) is 0 Å². The van der Waals surface area contributed by atoms with E-state index in [1.165, 1.54) is 0 Å². The quantitative estimate of drug-likeness (QED) is 0.807. The zero-order valence-corrected chi connectivity index (χ0v) is 12.8. The average molecular weight is 294 g/mol. The van der Waals surface area contributed by atoms with Gasteiger partial charge < -0.3 is 14.9 Å². The molecule has 0 aromatic heterocycles. The summed E-state index contributed by atoms with van der Waals surface area (Å²) in [4.78, 5) is 22.4. The van der Waals surface area contributed by atoms with E-state index in [0.29, 0.717) is 29.4 Å². The van der Waals surface area contributed by atoms with Crippen LogP contribution in [-0.4, -0.2) is 28.8 Å². The molecule has 1 rings (SSSR count). The highest BCUT2D eigenvalue weighted by Gasteiger charge is 2.24. The second kappa shape index (κ2) is 7.11. The average Bonchev–Trinajstić information content (AvgIpc) is 2.42. The lowest BCUT2D eigenvalue weighted by atomic mass is 9.89. The lowest BCUT2D eigenvalue weighted by molar-refractivity contribution is -0.140. The second-order valence-corrected chi connectivity index (χ2v) is 5.62. The summed E-state index contributed by atoms with van der Waals surface area (Å²) in [7, 11) is 0. The first-order chi connectivity index (χ1) is 9.73. The number of benzene rings is 1. The molecule has 0 aliphatic rings. The van der Waals surface area contributed by atoms with Gasteiger partial charge in [-0.15, -0.1) is 0 Å². The van der Waals surface area contributed by atoms with E-state index >= 15 is 0 Å². The molecule has 2 N–H and O–H groups in total. The number of hydrogen-bond donors (Lipinski definition) is 2. The van der Waals surface area contributed by atoms with Gasteiger partial charge in [0.25, 0.3) is 0 Å². The topological polar surface area (TPSA) is 83.8 Å². The van der Waals surface area contributed by atoms with Crippen molar-refractivity contribution >= 4 is 11.9 Å². The summed E-state index contributed by atoms with van der Waals surface area (Å²) in [6.45, 7) is 7.64. The molecule has 1 aromatic rings. The van der Waals surface area contributed by atoms with Crippen molar-refractivity contribution in [1.29, 1.82) is 0 Å². The Labute approximate surface area is 124 Å². The second-order valence-electron chi connectivity index (χ2n) is 5.62. The number of rotatable bonds is 7. The van der Waals surface area contributed by atoms with Crippen LogP contribution in [0.25, 0.3) is 0 Å². The van der Waals surface area contributed by atoms with Crippen molar-refractivity contribution in [2.75, 3.05) is 6.61 Å². The van der Waals surface area contributed by atoms with Gasteiger partial charge in [-0.05, 0) is 43.0 Å². The van der Waals surface area contributed by atoms with Gasteiger partial charge in [-0.2, -0.15) is 0 Å². The van der Waals surface area contributed by atoms with Gasteiger partial charge in [0.15, 0.2) is 0 Å². The summed E-state index contributed by atoms with van der Waals surface area (Å²) in [6.07, 6.45) is 0. The third-order valence-corrected chi connectivity index (χ3v) is 3.32. The van der Waals surface area contributed by atoms with Crippen LogP contribution in [-0.2, 0) is 9.59 Å². The van der Waals surface area contributed by atoms with Crippen LogP contribution < -0.4 is 4.74 Å². The molecule has 5 heteroatoms. The number of carboxylic acids is 2. The van der Waals surface area contributed by atoms with Crippen molar-refractivity contribution in [2.45, 2.75) is 39.5 Å². The number of ether oxygens (including phenoxy) is 1. The van der Waals surface area contributed by atoms with Gasteiger partial charge in [0, 0.05) is 0 Å². The Kier molecular flexibility index (Phi) is 5.76.